The maximum atomic E-state index is 11.6. The second-order valence-corrected chi connectivity index (χ2v) is 6.99. The molecule has 1 heterocycles. The number of nitrogens with zero attached hydrogens (tertiary/aromatic N) is 1. The van der Waals surface area contributed by atoms with Gasteiger partial charge in [-0.05, 0) is 13.0 Å². The third-order valence-electron chi connectivity index (χ3n) is 2.14. The molecule has 0 aromatic rings. The van der Waals surface area contributed by atoms with Gasteiger partial charge < -0.3 is 5.73 Å². The predicted octanol–water partition coefficient (Wildman–Crippen LogP) is -1.27. The monoisotopic (exact) mass is 240 g/mol. The van der Waals surface area contributed by atoms with Crippen LogP contribution in [-0.4, -0.2) is 53.8 Å². The Kier molecular flexibility index (Phi) is 4.49. The zero-order valence-corrected chi connectivity index (χ0v) is 9.65. The van der Waals surface area contributed by atoms with Gasteiger partial charge in [-0.1, -0.05) is 0 Å². The highest BCUT2D eigenvalue weighted by atomic mass is 32.2. The highest BCUT2D eigenvalue weighted by Crippen LogP contribution is 2.07. The van der Waals surface area contributed by atoms with E-state index < -0.39 is 20.8 Å². The molecule has 1 aliphatic heterocycles. The molecule has 14 heavy (non-hydrogen) atoms. The molecular weight excluding hydrogens is 224 g/mol. The van der Waals surface area contributed by atoms with E-state index in [1.165, 1.54) is 4.31 Å². The summed E-state index contributed by atoms with van der Waals surface area (Å²) in [5, 5.41) is 0. The van der Waals surface area contributed by atoms with E-state index in [1.807, 2.05) is 0 Å². The van der Waals surface area contributed by atoms with Crippen LogP contribution in [0.3, 0.4) is 0 Å². The average molecular weight is 240 g/mol. The molecule has 0 bridgehead atoms. The van der Waals surface area contributed by atoms with Crippen LogP contribution in [-0.2, 0) is 20.8 Å². The van der Waals surface area contributed by atoms with E-state index in [1.54, 1.807) is 0 Å². The van der Waals surface area contributed by atoms with E-state index in [-0.39, 0.29) is 5.75 Å². The van der Waals surface area contributed by atoms with Crippen LogP contribution in [0.15, 0.2) is 0 Å². The summed E-state index contributed by atoms with van der Waals surface area (Å²) in [7, 11) is -3.98. The Morgan fingerprint density at radius 2 is 1.86 bits per heavy atom. The quantitative estimate of drug-likeness (QED) is 0.664. The lowest BCUT2D eigenvalue weighted by atomic mass is 10.5. The standard InChI is InChI=1S/C7H16N2O3S2/c8-2-1-7-14(11,12)9-3-5-13(10)6-4-9/h1-8H2. The predicted molar refractivity (Wildman–Crippen MR) is 56.9 cm³/mol. The summed E-state index contributed by atoms with van der Waals surface area (Å²) in [6, 6.07) is 0. The number of hydrogen-bond acceptors (Lipinski definition) is 4. The van der Waals surface area contributed by atoms with E-state index >= 15 is 0 Å². The first-order valence-corrected chi connectivity index (χ1v) is 7.69. The van der Waals surface area contributed by atoms with Crippen LogP contribution in [0.2, 0.25) is 0 Å². The minimum atomic E-state index is -3.15. The molecule has 0 aliphatic carbocycles. The molecule has 1 fully saturated rings. The van der Waals surface area contributed by atoms with Crippen molar-refractivity contribution in [1.29, 1.82) is 0 Å². The van der Waals surface area contributed by atoms with Crippen LogP contribution in [0.25, 0.3) is 0 Å². The van der Waals surface area contributed by atoms with Gasteiger partial charge in [0.15, 0.2) is 0 Å². The second kappa shape index (κ2) is 5.20. The van der Waals surface area contributed by atoms with Crippen molar-refractivity contribution in [2.75, 3.05) is 36.9 Å². The van der Waals surface area contributed by atoms with Crippen LogP contribution in [0, 0.1) is 0 Å². The molecule has 0 radical (unpaired) electrons. The highest BCUT2D eigenvalue weighted by molar-refractivity contribution is 7.89. The van der Waals surface area contributed by atoms with Crippen molar-refractivity contribution in [3.05, 3.63) is 0 Å². The zero-order valence-electron chi connectivity index (χ0n) is 8.02. The summed E-state index contributed by atoms with van der Waals surface area (Å²) >= 11 is 0. The van der Waals surface area contributed by atoms with Gasteiger partial charge in [-0.25, -0.2) is 12.7 Å². The SMILES string of the molecule is NCCCS(=O)(=O)N1CCS(=O)CC1. The van der Waals surface area contributed by atoms with E-state index in [0.717, 1.165) is 0 Å². The molecule has 0 spiro atoms. The van der Waals surface area contributed by atoms with Gasteiger partial charge in [-0.3, -0.25) is 4.21 Å². The molecule has 0 unspecified atom stereocenters. The smallest absolute Gasteiger partial charge is 0.214 e. The zero-order chi connectivity index (χ0) is 10.6. The topological polar surface area (TPSA) is 80.5 Å². The highest BCUT2D eigenvalue weighted by Gasteiger charge is 2.25. The first kappa shape index (κ1) is 12.1. The molecule has 0 atom stereocenters. The van der Waals surface area contributed by atoms with Crippen molar-refractivity contribution in [3.8, 4) is 0 Å². The summed E-state index contributed by atoms with van der Waals surface area (Å²) in [5.74, 6) is 1.03. The normalized spacial score (nSPS) is 21.2. The Hall–Kier alpha value is 0.0200. The Balaban J connectivity index is 2.51. The Labute approximate surface area is 87.2 Å². The van der Waals surface area contributed by atoms with Crippen LogP contribution < -0.4 is 5.73 Å². The van der Waals surface area contributed by atoms with Crippen LogP contribution in [0.1, 0.15) is 6.42 Å². The summed E-state index contributed by atoms with van der Waals surface area (Å²) in [5.41, 5.74) is 5.26. The molecule has 2 N–H and O–H groups in total. The van der Waals surface area contributed by atoms with E-state index in [4.69, 9.17) is 5.73 Å². The summed E-state index contributed by atoms with van der Waals surface area (Å²) < 4.78 is 35.7. The number of rotatable bonds is 4. The minimum Gasteiger partial charge on any atom is -0.330 e. The van der Waals surface area contributed by atoms with Gasteiger partial charge in [0.25, 0.3) is 0 Å². The van der Waals surface area contributed by atoms with Crippen molar-refractivity contribution >= 4 is 20.8 Å². The fourth-order valence-electron chi connectivity index (χ4n) is 1.29. The number of nitrogens with two attached hydrogens (primary N) is 1. The summed E-state index contributed by atoms with van der Waals surface area (Å²) in [6.07, 6.45) is 0.488. The average Bonchev–Trinajstić information content (AvgIpc) is 2.16. The molecule has 5 nitrogen and oxygen atoms in total. The fourth-order valence-corrected chi connectivity index (χ4v) is 4.11. The first-order chi connectivity index (χ1) is 6.56. The lowest BCUT2D eigenvalue weighted by Crippen LogP contribution is -2.43. The van der Waals surface area contributed by atoms with Crippen LogP contribution in [0.4, 0.5) is 0 Å². The lowest BCUT2D eigenvalue weighted by Gasteiger charge is -2.25. The Morgan fingerprint density at radius 1 is 1.29 bits per heavy atom. The third kappa shape index (κ3) is 3.30. The van der Waals surface area contributed by atoms with Crippen molar-refractivity contribution in [1.82, 2.24) is 4.31 Å². The van der Waals surface area contributed by atoms with Gasteiger partial charge in [-0.2, -0.15) is 0 Å². The van der Waals surface area contributed by atoms with Gasteiger partial charge in [0, 0.05) is 35.4 Å². The molecule has 1 saturated heterocycles. The molecule has 1 rings (SSSR count). The van der Waals surface area contributed by atoms with Crippen molar-refractivity contribution < 1.29 is 12.6 Å². The van der Waals surface area contributed by atoms with Crippen LogP contribution in [0.5, 0.6) is 0 Å². The Bertz CT molecular complexity index is 292. The van der Waals surface area contributed by atoms with Gasteiger partial charge >= 0.3 is 0 Å². The third-order valence-corrected chi connectivity index (χ3v) is 5.37. The minimum absolute atomic E-state index is 0.107. The van der Waals surface area contributed by atoms with E-state index in [0.29, 0.717) is 37.6 Å². The molecule has 1 aliphatic rings. The van der Waals surface area contributed by atoms with Crippen molar-refractivity contribution in [2.45, 2.75) is 6.42 Å². The largest absolute Gasteiger partial charge is 0.330 e. The van der Waals surface area contributed by atoms with Gasteiger partial charge in [0.1, 0.15) is 0 Å². The molecule has 0 amide bonds. The molecule has 7 heteroatoms. The first-order valence-electron chi connectivity index (χ1n) is 4.59. The number of hydrogen-bond donors (Lipinski definition) is 1. The van der Waals surface area contributed by atoms with E-state index in [9.17, 15) is 12.6 Å². The summed E-state index contributed by atoms with van der Waals surface area (Å²) in [4.78, 5) is 0. The van der Waals surface area contributed by atoms with Gasteiger partial charge in [-0.15, -0.1) is 0 Å². The van der Waals surface area contributed by atoms with Gasteiger partial charge in [0.2, 0.25) is 10.0 Å². The number of sulfonamides is 1. The molecule has 0 saturated carbocycles. The maximum absolute atomic E-state index is 11.6. The van der Waals surface area contributed by atoms with Gasteiger partial charge in [0.05, 0.1) is 5.75 Å². The molecular formula is C7H16N2O3S2. The Morgan fingerprint density at radius 3 is 2.36 bits per heavy atom. The second-order valence-electron chi connectivity index (χ2n) is 3.21. The molecule has 0 aromatic carbocycles. The molecule has 0 aromatic heterocycles. The summed E-state index contributed by atoms with van der Waals surface area (Å²) in [6.45, 7) is 1.16. The van der Waals surface area contributed by atoms with Crippen LogP contribution >= 0.6 is 0 Å². The lowest BCUT2D eigenvalue weighted by molar-refractivity contribution is 0.438. The maximum Gasteiger partial charge on any atom is 0.214 e. The van der Waals surface area contributed by atoms with Crippen molar-refractivity contribution in [3.63, 3.8) is 0 Å². The fraction of sp³-hybridized carbons (Fsp3) is 1.00. The van der Waals surface area contributed by atoms with Crippen molar-refractivity contribution in [2.24, 2.45) is 5.73 Å². The van der Waals surface area contributed by atoms with E-state index in [2.05, 4.69) is 0 Å². The molecule has 84 valence electrons.